The maximum absolute atomic E-state index is 12.5. The Hall–Kier alpha value is -2.78. The zero-order chi connectivity index (χ0) is 20.8. The summed E-state index contributed by atoms with van der Waals surface area (Å²) in [6.07, 6.45) is 3.69. The molecule has 0 saturated heterocycles. The van der Waals surface area contributed by atoms with E-state index >= 15 is 0 Å². The average Bonchev–Trinajstić information content (AvgIpc) is 2.68. The van der Waals surface area contributed by atoms with Crippen molar-refractivity contribution in [2.45, 2.75) is 59.3 Å². The monoisotopic (exact) mass is 396 g/mol. The molecule has 0 atom stereocenters. The van der Waals surface area contributed by atoms with Gasteiger partial charge in [-0.3, -0.25) is 5.32 Å². The third kappa shape index (κ3) is 7.85. The number of carbonyl (C=O) groups is 3. The molecule has 156 valence electrons. The molecule has 1 aromatic rings. The summed E-state index contributed by atoms with van der Waals surface area (Å²) in [5, 5.41) is 13.0. The van der Waals surface area contributed by atoms with Crippen molar-refractivity contribution in [1.82, 2.24) is 15.4 Å². The number of amides is 1. The van der Waals surface area contributed by atoms with Gasteiger partial charge in [0.15, 0.2) is 11.5 Å². The summed E-state index contributed by atoms with van der Waals surface area (Å²) < 4.78 is 15.3. The Morgan fingerprint density at radius 2 is 1.32 bits per heavy atom. The molecule has 0 aliphatic carbocycles. The first kappa shape index (κ1) is 23.3. The van der Waals surface area contributed by atoms with Gasteiger partial charge in [0.25, 0.3) is 0 Å². The van der Waals surface area contributed by atoms with E-state index in [4.69, 9.17) is 14.2 Å². The van der Waals surface area contributed by atoms with Crippen molar-refractivity contribution in [2.24, 2.45) is 0 Å². The number of hydrogen-bond acceptors (Lipinski definition) is 9. The van der Waals surface area contributed by atoms with Gasteiger partial charge in [0.1, 0.15) is 5.56 Å². The Labute approximate surface area is 164 Å². The van der Waals surface area contributed by atoms with Crippen molar-refractivity contribution in [2.75, 3.05) is 25.1 Å². The molecule has 1 N–H and O–H groups in total. The molecule has 0 aliphatic rings. The first-order valence-electron chi connectivity index (χ1n) is 9.56. The van der Waals surface area contributed by atoms with E-state index in [2.05, 4.69) is 20.7 Å². The molecule has 0 fully saturated rings. The molecule has 0 unspecified atom stereocenters. The van der Waals surface area contributed by atoms with Crippen LogP contribution in [-0.2, 0) is 14.2 Å². The Balaban J connectivity index is 3.05. The van der Waals surface area contributed by atoms with E-state index in [1.807, 2.05) is 20.8 Å². The highest BCUT2D eigenvalue weighted by Crippen LogP contribution is 2.18. The lowest BCUT2D eigenvalue weighted by molar-refractivity contribution is 0.0445. The van der Waals surface area contributed by atoms with E-state index in [1.165, 1.54) is 0 Å². The Morgan fingerprint density at radius 1 is 0.786 bits per heavy atom. The average molecular weight is 396 g/mol. The van der Waals surface area contributed by atoms with Crippen molar-refractivity contribution in [3.8, 4) is 0 Å². The topological polar surface area (TPSA) is 130 Å². The smallest absolute Gasteiger partial charge is 0.412 e. The molecule has 1 amide bonds. The summed E-state index contributed by atoms with van der Waals surface area (Å²) in [6.45, 7) is 6.38. The predicted molar refractivity (Wildman–Crippen MR) is 100 cm³/mol. The Bertz CT molecular complexity index is 653. The zero-order valence-electron chi connectivity index (χ0n) is 16.7. The van der Waals surface area contributed by atoms with Crippen LogP contribution < -0.4 is 5.32 Å². The van der Waals surface area contributed by atoms with E-state index < -0.39 is 18.0 Å². The molecule has 0 saturated carbocycles. The molecule has 1 rings (SSSR count). The fourth-order valence-corrected chi connectivity index (χ4v) is 1.95. The minimum Gasteiger partial charge on any atom is -0.462 e. The van der Waals surface area contributed by atoms with Gasteiger partial charge in [0.05, 0.1) is 19.8 Å². The molecule has 10 heteroatoms. The van der Waals surface area contributed by atoms with Crippen LogP contribution in [0.25, 0.3) is 0 Å². The molecule has 0 spiro atoms. The van der Waals surface area contributed by atoms with Gasteiger partial charge in [-0.15, -0.1) is 10.2 Å². The Kier molecular flexibility index (Phi) is 11.1. The lowest BCUT2D eigenvalue weighted by atomic mass is 10.2. The van der Waals surface area contributed by atoms with Crippen LogP contribution in [-0.4, -0.2) is 53.3 Å². The van der Waals surface area contributed by atoms with Gasteiger partial charge in [-0.05, 0) is 24.5 Å². The number of nitrogens with zero attached hydrogens (tertiary/aromatic N) is 3. The minimum absolute atomic E-state index is 0.155. The molecule has 0 aliphatic heterocycles. The molecular formula is C18H28N4O6. The van der Waals surface area contributed by atoms with Gasteiger partial charge < -0.3 is 14.2 Å². The first-order valence-corrected chi connectivity index (χ1v) is 9.56. The molecule has 28 heavy (non-hydrogen) atoms. The second kappa shape index (κ2) is 13.4. The highest BCUT2D eigenvalue weighted by atomic mass is 16.6. The molecular weight excluding hydrogens is 368 g/mol. The van der Waals surface area contributed by atoms with Gasteiger partial charge in [0, 0.05) is 0 Å². The highest BCUT2D eigenvalue weighted by Gasteiger charge is 2.28. The van der Waals surface area contributed by atoms with Crippen LogP contribution in [0.2, 0.25) is 0 Å². The predicted octanol–water partition coefficient (Wildman–Crippen LogP) is 3.13. The largest absolute Gasteiger partial charge is 0.462 e. The summed E-state index contributed by atoms with van der Waals surface area (Å²) >= 11 is 0. The van der Waals surface area contributed by atoms with Gasteiger partial charge >= 0.3 is 18.0 Å². The van der Waals surface area contributed by atoms with Crippen LogP contribution in [0.3, 0.4) is 0 Å². The summed E-state index contributed by atoms with van der Waals surface area (Å²) in [6, 6.07) is 0. The number of rotatable bonds is 12. The van der Waals surface area contributed by atoms with Crippen molar-refractivity contribution in [3.05, 3.63) is 11.3 Å². The van der Waals surface area contributed by atoms with E-state index in [1.54, 1.807) is 0 Å². The lowest BCUT2D eigenvalue weighted by Crippen LogP contribution is -2.24. The number of aromatic nitrogens is 3. The van der Waals surface area contributed by atoms with E-state index in [-0.39, 0.29) is 36.9 Å². The summed E-state index contributed by atoms with van der Waals surface area (Å²) in [4.78, 5) is 36.8. The quantitative estimate of drug-likeness (QED) is 0.322. The highest BCUT2D eigenvalue weighted by molar-refractivity contribution is 6.06. The second-order valence-corrected chi connectivity index (χ2v) is 5.96. The third-order valence-corrected chi connectivity index (χ3v) is 3.57. The molecule has 0 radical (unpaired) electrons. The number of hydrogen-bond donors (Lipinski definition) is 1. The molecule has 1 aromatic heterocycles. The van der Waals surface area contributed by atoms with Crippen molar-refractivity contribution < 1.29 is 28.6 Å². The van der Waals surface area contributed by atoms with Crippen LogP contribution in [0.15, 0.2) is 0 Å². The normalized spacial score (nSPS) is 10.2. The fourth-order valence-electron chi connectivity index (χ4n) is 1.95. The standard InChI is InChI=1S/C18H28N4O6/c1-4-7-10-26-16(23)13-14(17(24)27-11-8-5-2)20-22-21-15(13)19-18(25)28-12-9-6-3/h4-12H2,1-3H3,(H,19,20,21,25). The summed E-state index contributed by atoms with van der Waals surface area (Å²) in [5.74, 6) is -1.95. The number of ether oxygens (including phenoxy) is 3. The van der Waals surface area contributed by atoms with Crippen molar-refractivity contribution in [3.63, 3.8) is 0 Å². The summed E-state index contributed by atoms with van der Waals surface area (Å²) in [5.41, 5.74) is -0.670. The van der Waals surface area contributed by atoms with Crippen molar-refractivity contribution in [1.29, 1.82) is 0 Å². The van der Waals surface area contributed by atoms with Crippen LogP contribution in [0.4, 0.5) is 10.6 Å². The number of nitrogens with one attached hydrogen (secondary N) is 1. The molecule has 1 heterocycles. The number of anilines is 1. The van der Waals surface area contributed by atoms with Gasteiger partial charge in [-0.2, -0.15) is 0 Å². The van der Waals surface area contributed by atoms with Gasteiger partial charge in [-0.25, -0.2) is 14.4 Å². The van der Waals surface area contributed by atoms with Gasteiger partial charge in [0.2, 0.25) is 0 Å². The van der Waals surface area contributed by atoms with Crippen LogP contribution >= 0.6 is 0 Å². The number of carbonyl (C=O) groups excluding carboxylic acids is 3. The van der Waals surface area contributed by atoms with E-state index in [0.29, 0.717) is 19.3 Å². The second-order valence-electron chi connectivity index (χ2n) is 5.96. The maximum atomic E-state index is 12.5. The van der Waals surface area contributed by atoms with Crippen LogP contribution in [0.1, 0.15) is 80.1 Å². The van der Waals surface area contributed by atoms with E-state index in [9.17, 15) is 14.4 Å². The fraction of sp³-hybridized carbons (Fsp3) is 0.667. The van der Waals surface area contributed by atoms with Crippen LogP contribution in [0.5, 0.6) is 0 Å². The number of esters is 2. The summed E-state index contributed by atoms with van der Waals surface area (Å²) in [7, 11) is 0. The third-order valence-electron chi connectivity index (χ3n) is 3.57. The molecule has 0 aromatic carbocycles. The lowest BCUT2D eigenvalue weighted by Gasteiger charge is -2.12. The number of unbranched alkanes of at least 4 members (excludes halogenated alkanes) is 3. The molecule has 0 bridgehead atoms. The van der Waals surface area contributed by atoms with Gasteiger partial charge in [-0.1, -0.05) is 40.0 Å². The molecule has 10 nitrogen and oxygen atoms in total. The van der Waals surface area contributed by atoms with Crippen LogP contribution in [0, 0.1) is 0 Å². The Morgan fingerprint density at radius 3 is 1.89 bits per heavy atom. The van der Waals surface area contributed by atoms with E-state index in [0.717, 1.165) is 19.3 Å². The van der Waals surface area contributed by atoms with Crippen molar-refractivity contribution >= 4 is 23.8 Å². The SMILES string of the molecule is CCCCOC(=O)Nc1nnnc(C(=O)OCCCC)c1C(=O)OCCCC. The first-order chi connectivity index (χ1) is 13.5. The maximum Gasteiger partial charge on any atom is 0.412 e. The minimum atomic E-state index is -0.845. The zero-order valence-corrected chi connectivity index (χ0v) is 16.7.